The molecule has 22 heavy (non-hydrogen) atoms. The van der Waals surface area contributed by atoms with Crippen LogP contribution in [0.15, 0.2) is 42.5 Å². The lowest BCUT2D eigenvalue weighted by atomic mass is 9.86. The van der Waals surface area contributed by atoms with E-state index in [1.54, 1.807) is 6.92 Å². The molecule has 1 aromatic rings. The molecule has 2 atom stereocenters. The molecule has 0 saturated carbocycles. The maximum atomic E-state index is 11.9. The Kier molecular flexibility index (Phi) is 8.57. The van der Waals surface area contributed by atoms with Crippen LogP contribution in [0.4, 0.5) is 0 Å². The van der Waals surface area contributed by atoms with Crippen molar-refractivity contribution in [1.29, 1.82) is 0 Å². The van der Waals surface area contributed by atoms with E-state index >= 15 is 0 Å². The molecule has 1 aromatic carbocycles. The first-order chi connectivity index (χ1) is 10.6. The third-order valence-corrected chi connectivity index (χ3v) is 4.11. The molecule has 0 aromatic heterocycles. The smallest absolute Gasteiger partial charge is 0.246 e. The van der Waals surface area contributed by atoms with Crippen molar-refractivity contribution in [3.05, 3.63) is 48.0 Å². The van der Waals surface area contributed by atoms with Crippen molar-refractivity contribution in [3.63, 3.8) is 0 Å². The van der Waals surface area contributed by atoms with E-state index in [0.29, 0.717) is 11.5 Å². The summed E-state index contributed by atoms with van der Waals surface area (Å²) < 4.78 is 0. The van der Waals surface area contributed by atoms with Gasteiger partial charge >= 0.3 is 0 Å². The van der Waals surface area contributed by atoms with Gasteiger partial charge in [-0.3, -0.25) is 4.79 Å². The van der Waals surface area contributed by atoms with Crippen LogP contribution in [0.2, 0.25) is 0 Å². The summed E-state index contributed by atoms with van der Waals surface area (Å²) in [6, 6.07) is 10.9. The summed E-state index contributed by atoms with van der Waals surface area (Å²) >= 11 is 0. The lowest BCUT2D eigenvalue weighted by molar-refractivity contribution is -0.118. The van der Waals surface area contributed by atoms with Gasteiger partial charge in [-0.1, -0.05) is 70.0 Å². The van der Waals surface area contributed by atoms with Gasteiger partial charge < -0.3 is 5.32 Å². The average molecular weight is 301 g/mol. The second-order valence-corrected chi connectivity index (χ2v) is 6.22. The SMILES string of the molecule is C=C(C)C(=O)NC(CCC)CC(CCCC)c1ccccc1. The standard InChI is InChI=1S/C20H31NO/c1-5-7-12-18(17-13-9-8-10-14-17)15-19(11-6-2)21-20(22)16(3)4/h8-10,13-14,18-19H,3,5-7,11-12,15H2,1-2,4H3,(H,21,22). The molecule has 0 bridgehead atoms. The number of carbonyl (C=O) groups excluding carboxylic acids is 1. The second-order valence-electron chi connectivity index (χ2n) is 6.22. The molecule has 2 heteroatoms. The highest BCUT2D eigenvalue weighted by molar-refractivity contribution is 5.92. The maximum absolute atomic E-state index is 11.9. The van der Waals surface area contributed by atoms with Crippen LogP contribution in [0.1, 0.15) is 70.8 Å². The van der Waals surface area contributed by atoms with Crippen molar-refractivity contribution in [2.75, 3.05) is 0 Å². The van der Waals surface area contributed by atoms with Crippen LogP contribution in [0.5, 0.6) is 0 Å². The summed E-state index contributed by atoms with van der Waals surface area (Å²) in [4.78, 5) is 11.9. The largest absolute Gasteiger partial charge is 0.350 e. The molecule has 0 heterocycles. The molecule has 0 aliphatic heterocycles. The number of unbranched alkanes of at least 4 members (excludes halogenated alkanes) is 1. The van der Waals surface area contributed by atoms with Crippen molar-refractivity contribution < 1.29 is 4.79 Å². The quantitative estimate of drug-likeness (QED) is 0.590. The Morgan fingerprint density at radius 2 is 1.82 bits per heavy atom. The highest BCUT2D eigenvalue weighted by atomic mass is 16.1. The molecule has 2 nitrogen and oxygen atoms in total. The zero-order valence-corrected chi connectivity index (χ0v) is 14.4. The molecular formula is C20H31NO. The van der Waals surface area contributed by atoms with Gasteiger partial charge in [0.25, 0.3) is 0 Å². The van der Waals surface area contributed by atoms with Gasteiger partial charge in [0.1, 0.15) is 0 Å². The Morgan fingerprint density at radius 1 is 1.14 bits per heavy atom. The molecule has 0 aliphatic carbocycles. The predicted molar refractivity (Wildman–Crippen MR) is 95.0 cm³/mol. The average Bonchev–Trinajstić information content (AvgIpc) is 2.52. The molecule has 0 spiro atoms. The van der Waals surface area contributed by atoms with Crippen LogP contribution in [0.3, 0.4) is 0 Å². The van der Waals surface area contributed by atoms with E-state index in [9.17, 15) is 4.79 Å². The van der Waals surface area contributed by atoms with Gasteiger partial charge in [0.2, 0.25) is 5.91 Å². The molecule has 0 radical (unpaired) electrons. The van der Waals surface area contributed by atoms with Gasteiger partial charge in [-0.2, -0.15) is 0 Å². The number of carbonyl (C=O) groups is 1. The van der Waals surface area contributed by atoms with Crippen molar-refractivity contribution >= 4 is 5.91 Å². The highest BCUT2D eigenvalue weighted by Gasteiger charge is 2.19. The summed E-state index contributed by atoms with van der Waals surface area (Å²) in [6.45, 7) is 9.91. The molecule has 1 N–H and O–H groups in total. The molecular weight excluding hydrogens is 270 g/mol. The first-order valence-corrected chi connectivity index (χ1v) is 8.59. The minimum atomic E-state index is -0.0132. The monoisotopic (exact) mass is 301 g/mol. The first-order valence-electron chi connectivity index (χ1n) is 8.59. The van der Waals surface area contributed by atoms with Crippen molar-refractivity contribution in [1.82, 2.24) is 5.32 Å². The first kappa shape index (κ1) is 18.5. The van der Waals surface area contributed by atoms with E-state index in [4.69, 9.17) is 0 Å². The van der Waals surface area contributed by atoms with Gasteiger partial charge in [0.05, 0.1) is 0 Å². The van der Waals surface area contributed by atoms with Crippen LogP contribution < -0.4 is 5.32 Å². The number of hydrogen-bond acceptors (Lipinski definition) is 1. The zero-order chi connectivity index (χ0) is 16.4. The highest BCUT2D eigenvalue weighted by Crippen LogP contribution is 2.28. The minimum absolute atomic E-state index is 0.0132. The van der Waals surface area contributed by atoms with E-state index in [-0.39, 0.29) is 11.9 Å². The van der Waals surface area contributed by atoms with Gasteiger partial charge in [0, 0.05) is 11.6 Å². The Morgan fingerprint density at radius 3 is 2.36 bits per heavy atom. The maximum Gasteiger partial charge on any atom is 0.246 e. The zero-order valence-electron chi connectivity index (χ0n) is 14.4. The fourth-order valence-electron chi connectivity index (χ4n) is 2.85. The molecule has 0 aliphatic rings. The van der Waals surface area contributed by atoms with Crippen LogP contribution in [-0.2, 0) is 4.79 Å². The molecule has 0 fully saturated rings. The summed E-state index contributed by atoms with van der Waals surface area (Å²) in [7, 11) is 0. The fourth-order valence-corrected chi connectivity index (χ4v) is 2.85. The number of benzene rings is 1. The lowest BCUT2D eigenvalue weighted by Crippen LogP contribution is -2.36. The Balaban J connectivity index is 2.78. The van der Waals surface area contributed by atoms with Crippen LogP contribution in [0, 0.1) is 0 Å². The summed E-state index contributed by atoms with van der Waals surface area (Å²) in [5.74, 6) is 0.504. The van der Waals surface area contributed by atoms with Crippen molar-refractivity contribution in [3.8, 4) is 0 Å². The minimum Gasteiger partial charge on any atom is -0.350 e. The Labute approximate surface area is 136 Å². The van der Waals surface area contributed by atoms with Gasteiger partial charge in [0.15, 0.2) is 0 Å². The molecule has 1 rings (SSSR count). The Bertz CT molecular complexity index is 452. The van der Waals surface area contributed by atoms with Gasteiger partial charge in [-0.05, 0) is 37.7 Å². The van der Waals surface area contributed by atoms with E-state index in [2.05, 4.69) is 56.1 Å². The van der Waals surface area contributed by atoms with Crippen molar-refractivity contribution in [2.24, 2.45) is 0 Å². The van der Waals surface area contributed by atoms with Gasteiger partial charge in [-0.15, -0.1) is 0 Å². The number of nitrogens with one attached hydrogen (secondary N) is 1. The summed E-state index contributed by atoms with van der Waals surface area (Å²) in [6.07, 6.45) is 6.73. The van der Waals surface area contributed by atoms with Crippen LogP contribution >= 0.6 is 0 Å². The molecule has 2 unspecified atom stereocenters. The third-order valence-electron chi connectivity index (χ3n) is 4.11. The molecule has 122 valence electrons. The Hall–Kier alpha value is -1.57. The number of rotatable bonds is 10. The van der Waals surface area contributed by atoms with Crippen LogP contribution in [0.25, 0.3) is 0 Å². The van der Waals surface area contributed by atoms with E-state index in [1.165, 1.54) is 24.8 Å². The lowest BCUT2D eigenvalue weighted by Gasteiger charge is -2.25. The topological polar surface area (TPSA) is 29.1 Å². The van der Waals surface area contributed by atoms with E-state index < -0.39 is 0 Å². The summed E-state index contributed by atoms with van der Waals surface area (Å²) in [5.41, 5.74) is 1.98. The summed E-state index contributed by atoms with van der Waals surface area (Å²) in [5, 5.41) is 3.16. The molecule has 0 saturated heterocycles. The normalized spacial score (nSPS) is 13.4. The van der Waals surface area contributed by atoms with E-state index in [1.807, 2.05) is 0 Å². The second kappa shape index (κ2) is 10.2. The van der Waals surface area contributed by atoms with E-state index in [0.717, 1.165) is 19.3 Å². The van der Waals surface area contributed by atoms with Crippen LogP contribution in [-0.4, -0.2) is 11.9 Å². The number of hydrogen-bond donors (Lipinski definition) is 1. The van der Waals surface area contributed by atoms with Crippen molar-refractivity contribution in [2.45, 2.75) is 71.3 Å². The third kappa shape index (κ3) is 6.46. The predicted octanol–water partition coefficient (Wildman–Crippen LogP) is 5.21. The molecule has 1 amide bonds. The van der Waals surface area contributed by atoms with Gasteiger partial charge in [-0.25, -0.2) is 0 Å². The number of amides is 1. The fraction of sp³-hybridized carbons (Fsp3) is 0.550.